The van der Waals surface area contributed by atoms with Gasteiger partial charge in [0.05, 0.1) is 36.8 Å². The Morgan fingerprint density at radius 2 is 2.03 bits per heavy atom. The maximum atomic E-state index is 13.1. The van der Waals surface area contributed by atoms with Crippen molar-refractivity contribution in [3.05, 3.63) is 47.7 Å². The Balaban J connectivity index is 2.14. The third-order valence-corrected chi connectivity index (χ3v) is 6.12. The molecule has 3 rings (SSSR count). The normalized spacial score (nSPS) is 20.9. The van der Waals surface area contributed by atoms with Crippen LogP contribution in [-0.4, -0.2) is 48.0 Å². The molecule has 2 aliphatic heterocycles. The van der Waals surface area contributed by atoms with E-state index in [0.29, 0.717) is 39.9 Å². The van der Waals surface area contributed by atoms with Crippen molar-refractivity contribution in [2.45, 2.75) is 31.6 Å². The first-order valence-corrected chi connectivity index (χ1v) is 10.1. The van der Waals surface area contributed by atoms with Gasteiger partial charge in [-0.3, -0.25) is 9.69 Å². The van der Waals surface area contributed by atoms with Gasteiger partial charge in [0.15, 0.2) is 16.7 Å². The molecule has 1 saturated heterocycles. The summed E-state index contributed by atoms with van der Waals surface area (Å²) >= 11 is 1.42. The summed E-state index contributed by atoms with van der Waals surface area (Å²) < 4.78 is 16.1. The van der Waals surface area contributed by atoms with E-state index in [1.54, 1.807) is 38.2 Å². The van der Waals surface area contributed by atoms with Crippen molar-refractivity contribution in [1.29, 1.82) is 0 Å². The van der Waals surface area contributed by atoms with Crippen LogP contribution in [0, 0.1) is 0 Å². The Morgan fingerprint density at radius 3 is 2.66 bits per heavy atom. The molecule has 7 nitrogen and oxygen atoms in total. The van der Waals surface area contributed by atoms with Crippen LogP contribution in [0.5, 0.6) is 11.5 Å². The highest BCUT2D eigenvalue weighted by Crippen LogP contribution is 2.45. The number of fused-ring (bicyclic) bond motifs is 1. The number of thioether (sulfide) groups is 1. The molecule has 0 aliphatic carbocycles. The highest BCUT2D eigenvalue weighted by Gasteiger charge is 2.47. The van der Waals surface area contributed by atoms with Crippen molar-refractivity contribution in [3.63, 3.8) is 0 Å². The fourth-order valence-corrected chi connectivity index (χ4v) is 4.53. The van der Waals surface area contributed by atoms with Crippen molar-refractivity contribution in [3.8, 4) is 11.5 Å². The summed E-state index contributed by atoms with van der Waals surface area (Å²) in [6, 6.07) is 4.70. The number of nitrogens with zero attached hydrogens (tertiary/aromatic N) is 2. The van der Waals surface area contributed by atoms with Gasteiger partial charge in [0.2, 0.25) is 5.91 Å². The van der Waals surface area contributed by atoms with E-state index in [0.717, 1.165) is 0 Å². The number of methoxy groups -OCH3 is 2. The van der Waals surface area contributed by atoms with E-state index >= 15 is 0 Å². The molecule has 2 aliphatic rings. The largest absolute Gasteiger partial charge is 0.493 e. The number of rotatable bonds is 7. The minimum Gasteiger partial charge on any atom is -0.493 e. The first kappa shape index (κ1) is 21.0. The Labute approximate surface area is 174 Å². The number of hydrogen-bond acceptors (Lipinski definition) is 7. The van der Waals surface area contributed by atoms with Crippen LogP contribution < -0.4 is 9.47 Å². The predicted octanol–water partition coefficient (Wildman–Crippen LogP) is 3.47. The topological polar surface area (TPSA) is 77.4 Å². The molecule has 1 amide bonds. The van der Waals surface area contributed by atoms with E-state index in [4.69, 9.17) is 14.2 Å². The first-order chi connectivity index (χ1) is 14.0. The van der Waals surface area contributed by atoms with E-state index in [9.17, 15) is 9.59 Å². The zero-order chi connectivity index (χ0) is 21.1. The molecule has 0 saturated carbocycles. The summed E-state index contributed by atoms with van der Waals surface area (Å²) in [5.74, 6) is 0.475. The standard InChI is InChI=1S/C21H24N2O5S/c1-6-10-28-20(25)17-12(3)22-21-23(19(24)16(7-2)29-21)18(17)13-8-9-14(26-4)15(11-13)27-5/h6,8-9,11,16,18H,1,7,10H2,2-5H3/t16-,18+/m1/s1. The predicted molar refractivity (Wildman–Crippen MR) is 112 cm³/mol. The summed E-state index contributed by atoms with van der Waals surface area (Å²) in [5, 5.41) is 0.368. The van der Waals surface area contributed by atoms with Gasteiger partial charge in [-0.1, -0.05) is 37.4 Å². The molecule has 29 heavy (non-hydrogen) atoms. The number of ether oxygens (including phenoxy) is 3. The minimum absolute atomic E-state index is 0.0717. The van der Waals surface area contributed by atoms with Gasteiger partial charge in [0.25, 0.3) is 0 Å². The summed E-state index contributed by atoms with van der Waals surface area (Å²) in [7, 11) is 3.09. The highest BCUT2D eigenvalue weighted by atomic mass is 32.2. The van der Waals surface area contributed by atoms with E-state index in [1.807, 2.05) is 13.0 Å². The second kappa shape index (κ2) is 8.73. The molecule has 0 aromatic heterocycles. The molecule has 1 aromatic rings. The number of benzene rings is 1. The van der Waals surface area contributed by atoms with Gasteiger partial charge >= 0.3 is 5.97 Å². The average Bonchev–Trinajstić information content (AvgIpc) is 3.05. The fourth-order valence-electron chi connectivity index (χ4n) is 3.40. The maximum absolute atomic E-state index is 13.1. The second-order valence-corrected chi connectivity index (χ2v) is 7.69. The number of amidine groups is 1. The van der Waals surface area contributed by atoms with Crippen molar-refractivity contribution >= 4 is 28.8 Å². The maximum Gasteiger partial charge on any atom is 0.338 e. The van der Waals surface area contributed by atoms with Gasteiger partial charge in [0.1, 0.15) is 6.61 Å². The van der Waals surface area contributed by atoms with Crippen LogP contribution in [0.2, 0.25) is 0 Å². The van der Waals surface area contributed by atoms with Crippen LogP contribution in [0.4, 0.5) is 0 Å². The summed E-state index contributed by atoms with van der Waals surface area (Å²) in [4.78, 5) is 32.1. The highest BCUT2D eigenvalue weighted by molar-refractivity contribution is 8.15. The van der Waals surface area contributed by atoms with Gasteiger partial charge in [-0.2, -0.15) is 0 Å². The van der Waals surface area contributed by atoms with Crippen LogP contribution in [0.25, 0.3) is 0 Å². The molecule has 1 aromatic carbocycles. The molecule has 2 heterocycles. The van der Waals surface area contributed by atoms with Gasteiger partial charge in [0, 0.05) is 0 Å². The van der Waals surface area contributed by atoms with Crippen LogP contribution in [0.15, 0.2) is 47.1 Å². The molecule has 2 atom stereocenters. The lowest BCUT2D eigenvalue weighted by Gasteiger charge is -2.33. The number of allylic oxidation sites excluding steroid dienone is 1. The van der Waals surface area contributed by atoms with E-state index in [1.165, 1.54) is 17.8 Å². The molecular weight excluding hydrogens is 392 g/mol. The smallest absolute Gasteiger partial charge is 0.338 e. The third-order valence-electron chi connectivity index (χ3n) is 4.80. The zero-order valence-electron chi connectivity index (χ0n) is 16.9. The lowest BCUT2D eigenvalue weighted by Crippen LogP contribution is -2.40. The number of carbonyl (C=O) groups excluding carboxylic acids is 2. The quantitative estimate of drug-likeness (QED) is 0.500. The van der Waals surface area contributed by atoms with Crippen LogP contribution in [0.1, 0.15) is 31.9 Å². The summed E-state index contributed by atoms with van der Waals surface area (Å²) in [5.41, 5.74) is 1.57. The van der Waals surface area contributed by atoms with Crippen molar-refractivity contribution < 1.29 is 23.8 Å². The fraction of sp³-hybridized carbons (Fsp3) is 0.381. The number of hydrogen-bond donors (Lipinski definition) is 0. The lowest BCUT2D eigenvalue weighted by molar-refractivity contribution is -0.139. The molecule has 0 bridgehead atoms. The van der Waals surface area contributed by atoms with Crippen LogP contribution in [-0.2, 0) is 14.3 Å². The molecule has 0 spiro atoms. The summed E-state index contributed by atoms with van der Waals surface area (Å²) in [6.07, 6.45) is 2.17. The van der Waals surface area contributed by atoms with Crippen molar-refractivity contribution in [2.24, 2.45) is 4.99 Å². The molecule has 0 N–H and O–H groups in total. The number of aliphatic imine (C=N–C) groups is 1. The lowest BCUT2D eigenvalue weighted by atomic mass is 9.94. The average molecular weight is 416 g/mol. The minimum atomic E-state index is -0.656. The number of esters is 1. The Morgan fingerprint density at radius 1 is 1.31 bits per heavy atom. The first-order valence-electron chi connectivity index (χ1n) is 9.25. The second-order valence-electron chi connectivity index (χ2n) is 6.52. The van der Waals surface area contributed by atoms with Crippen LogP contribution >= 0.6 is 11.8 Å². The SMILES string of the molecule is C=CCOC(=O)C1=C(C)N=C2S[C@H](CC)C(=O)N2[C@H]1c1ccc(OC)c(OC)c1. The Bertz CT molecular complexity index is 908. The number of carbonyl (C=O) groups is 2. The van der Waals surface area contributed by atoms with Crippen LogP contribution in [0.3, 0.4) is 0 Å². The molecular formula is C21H24N2O5S. The molecule has 154 valence electrons. The van der Waals surface area contributed by atoms with Gasteiger partial charge < -0.3 is 14.2 Å². The monoisotopic (exact) mass is 416 g/mol. The molecule has 8 heteroatoms. The van der Waals surface area contributed by atoms with E-state index in [2.05, 4.69) is 11.6 Å². The third kappa shape index (κ3) is 3.76. The Kier molecular flexibility index (Phi) is 6.32. The van der Waals surface area contributed by atoms with Crippen molar-refractivity contribution in [2.75, 3.05) is 20.8 Å². The zero-order valence-corrected chi connectivity index (χ0v) is 17.7. The van der Waals surface area contributed by atoms with E-state index in [-0.39, 0.29) is 17.8 Å². The summed E-state index contributed by atoms with van der Waals surface area (Å²) in [6.45, 7) is 7.37. The van der Waals surface area contributed by atoms with Gasteiger partial charge in [-0.05, 0) is 31.0 Å². The van der Waals surface area contributed by atoms with Gasteiger partial charge in [-0.15, -0.1) is 0 Å². The van der Waals surface area contributed by atoms with E-state index < -0.39 is 12.0 Å². The number of amides is 1. The van der Waals surface area contributed by atoms with Gasteiger partial charge in [-0.25, -0.2) is 9.79 Å². The van der Waals surface area contributed by atoms with Crippen molar-refractivity contribution in [1.82, 2.24) is 4.90 Å². The molecule has 1 fully saturated rings. The Hall–Kier alpha value is -2.74. The molecule has 0 unspecified atom stereocenters. The molecule has 0 radical (unpaired) electrons.